The molecule has 0 fully saturated rings. The van der Waals surface area contributed by atoms with Gasteiger partial charge in [-0.2, -0.15) is 0 Å². The van der Waals surface area contributed by atoms with Crippen molar-refractivity contribution >= 4 is 23.9 Å². The van der Waals surface area contributed by atoms with Gasteiger partial charge in [-0.25, -0.2) is 9.18 Å². The Kier molecular flexibility index (Phi) is 15.0. The van der Waals surface area contributed by atoms with Crippen molar-refractivity contribution in [2.24, 2.45) is 0 Å². The van der Waals surface area contributed by atoms with Gasteiger partial charge < -0.3 is 14.4 Å². The number of hydrogen-bond acceptors (Lipinski definition) is 4. The number of nitrogens with zero attached hydrogens (tertiary/aromatic N) is 1. The van der Waals surface area contributed by atoms with E-state index < -0.39 is 6.09 Å². The molecular formula is C26H37FN2O4. The second kappa shape index (κ2) is 17.6. The normalized spacial score (nSPS) is 10.1. The van der Waals surface area contributed by atoms with Gasteiger partial charge in [-0.15, -0.1) is 0 Å². The van der Waals surface area contributed by atoms with Crippen molar-refractivity contribution < 1.29 is 23.5 Å². The number of methoxy groups -OCH3 is 1. The Bertz CT molecular complexity index is 778. The summed E-state index contributed by atoms with van der Waals surface area (Å²) in [5, 5.41) is 2.65. The lowest BCUT2D eigenvalue weighted by Gasteiger charge is -2.18. The molecule has 0 aromatic heterocycles. The lowest BCUT2D eigenvalue weighted by molar-refractivity contribution is -0.107. The second-order valence-electron chi connectivity index (χ2n) is 7.57. The molecule has 0 atom stereocenters. The SMILES string of the molecule is CCCCCOC.CCCCCOC(=O)Nc1ccc(N(C=O)Cc2ccc(F)cc2)cc1. The molecule has 0 unspecified atom stereocenters. The van der Waals surface area contributed by atoms with E-state index in [1.165, 1.54) is 36.3 Å². The lowest BCUT2D eigenvalue weighted by atomic mass is 10.2. The summed E-state index contributed by atoms with van der Waals surface area (Å²) in [5.74, 6) is -0.316. The first-order valence-electron chi connectivity index (χ1n) is 11.5. The Morgan fingerprint density at radius 1 is 0.939 bits per heavy atom. The molecule has 1 N–H and O–H groups in total. The molecule has 0 radical (unpaired) electrons. The lowest BCUT2D eigenvalue weighted by Crippen LogP contribution is -2.20. The molecule has 0 bridgehead atoms. The largest absolute Gasteiger partial charge is 0.449 e. The van der Waals surface area contributed by atoms with E-state index in [4.69, 9.17) is 9.47 Å². The summed E-state index contributed by atoms with van der Waals surface area (Å²) >= 11 is 0. The smallest absolute Gasteiger partial charge is 0.411 e. The molecule has 6 nitrogen and oxygen atoms in total. The summed E-state index contributed by atoms with van der Waals surface area (Å²) in [7, 11) is 1.75. The fourth-order valence-electron chi connectivity index (χ4n) is 2.88. The fraction of sp³-hybridized carbons (Fsp3) is 0.462. The Morgan fingerprint density at radius 2 is 1.55 bits per heavy atom. The van der Waals surface area contributed by atoms with Crippen LogP contribution in [0.5, 0.6) is 0 Å². The van der Waals surface area contributed by atoms with E-state index in [2.05, 4.69) is 19.2 Å². The van der Waals surface area contributed by atoms with Crippen LogP contribution in [-0.2, 0) is 20.8 Å². The van der Waals surface area contributed by atoms with Crippen LogP contribution in [-0.4, -0.2) is 32.8 Å². The van der Waals surface area contributed by atoms with Crippen LogP contribution in [0.1, 0.15) is 57.9 Å². The molecule has 0 saturated carbocycles. The standard InChI is InChI=1S/C20H23FN2O3.C6H14O/c1-2-3-4-13-26-20(25)22-18-9-11-19(12-10-18)23(15-24)14-16-5-7-17(21)8-6-16;1-3-4-5-6-7-2/h5-12,15H,2-4,13-14H2,1H3,(H,22,25);3-6H2,1-2H3. The van der Waals surface area contributed by atoms with Crippen LogP contribution in [0.3, 0.4) is 0 Å². The summed E-state index contributed by atoms with van der Waals surface area (Å²) in [4.78, 5) is 24.6. The topological polar surface area (TPSA) is 67.9 Å². The molecule has 33 heavy (non-hydrogen) atoms. The van der Waals surface area contributed by atoms with Gasteiger partial charge in [0.2, 0.25) is 6.41 Å². The highest BCUT2D eigenvalue weighted by Gasteiger charge is 2.08. The van der Waals surface area contributed by atoms with Crippen molar-refractivity contribution in [3.8, 4) is 0 Å². The van der Waals surface area contributed by atoms with Crippen LogP contribution < -0.4 is 10.2 Å². The van der Waals surface area contributed by atoms with Crippen LogP contribution in [0, 0.1) is 5.82 Å². The van der Waals surface area contributed by atoms with Crippen LogP contribution in [0.4, 0.5) is 20.6 Å². The minimum atomic E-state index is -0.493. The first kappa shape index (κ1) is 28.1. The quantitative estimate of drug-likeness (QED) is 0.272. The van der Waals surface area contributed by atoms with Gasteiger partial charge in [-0.05, 0) is 54.8 Å². The number of nitrogens with one attached hydrogen (secondary N) is 1. The number of anilines is 2. The molecule has 2 aromatic rings. The number of carbonyl (C=O) groups excluding carboxylic acids is 2. The zero-order chi connectivity index (χ0) is 24.3. The van der Waals surface area contributed by atoms with Crippen molar-refractivity contribution in [3.63, 3.8) is 0 Å². The van der Waals surface area contributed by atoms with E-state index >= 15 is 0 Å². The van der Waals surface area contributed by atoms with Gasteiger partial charge in [-0.1, -0.05) is 51.7 Å². The average molecular weight is 461 g/mol. The third-order valence-corrected chi connectivity index (χ3v) is 4.77. The minimum absolute atomic E-state index is 0.316. The highest BCUT2D eigenvalue weighted by Crippen LogP contribution is 2.19. The number of carbonyl (C=O) groups is 2. The zero-order valence-corrected chi connectivity index (χ0v) is 20.0. The van der Waals surface area contributed by atoms with Crippen LogP contribution in [0.15, 0.2) is 48.5 Å². The third kappa shape index (κ3) is 12.6. The van der Waals surface area contributed by atoms with Gasteiger partial charge in [0.25, 0.3) is 0 Å². The molecule has 2 amide bonds. The summed E-state index contributed by atoms with van der Waals surface area (Å²) < 4.78 is 22.9. The minimum Gasteiger partial charge on any atom is -0.449 e. The fourth-order valence-corrected chi connectivity index (χ4v) is 2.88. The Balaban J connectivity index is 0.000000675. The monoisotopic (exact) mass is 460 g/mol. The zero-order valence-electron chi connectivity index (χ0n) is 20.0. The van der Waals surface area contributed by atoms with Crippen LogP contribution >= 0.6 is 0 Å². The van der Waals surface area contributed by atoms with Crippen molar-refractivity contribution in [1.29, 1.82) is 0 Å². The summed E-state index contributed by atoms with van der Waals surface area (Å²) in [6.07, 6.45) is 6.96. The van der Waals surface area contributed by atoms with Gasteiger partial charge >= 0.3 is 6.09 Å². The molecule has 2 rings (SSSR count). The number of rotatable bonds is 13. The van der Waals surface area contributed by atoms with Gasteiger partial charge in [-0.3, -0.25) is 10.1 Å². The number of amides is 2. The number of unbranched alkanes of at least 4 members (excludes halogenated alkanes) is 4. The van der Waals surface area contributed by atoms with E-state index in [0.29, 0.717) is 30.9 Å². The van der Waals surface area contributed by atoms with Gasteiger partial charge in [0, 0.05) is 25.1 Å². The summed E-state index contributed by atoms with van der Waals surface area (Å²) in [6.45, 7) is 5.92. The molecule has 0 heterocycles. The van der Waals surface area contributed by atoms with E-state index in [-0.39, 0.29) is 5.82 Å². The van der Waals surface area contributed by atoms with E-state index in [1.54, 1.807) is 43.5 Å². The van der Waals surface area contributed by atoms with Crippen molar-refractivity contribution in [2.75, 3.05) is 30.5 Å². The molecule has 0 aliphatic carbocycles. The average Bonchev–Trinajstić information content (AvgIpc) is 2.83. The first-order chi connectivity index (χ1) is 16.0. The molecule has 0 aliphatic rings. The van der Waals surface area contributed by atoms with Crippen molar-refractivity contribution in [1.82, 2.24) is 0 Å². The molecule has 182 valence electrons. The molecule has 0 aliphatic heterocycles. The van der Waals surface area contributed by atoms with Crippen molar-refractivity contribution in [2.45, 2.75) is 58.9 Å². The summed E-state index contributed by atoms with van der Waals surface area (Å²) in [6, 6.07) is 12.8. The Morgan fingerprint density at radius 3 is 2.09 bits per heavy atom. The van der Waals surface area contributed by atoms with E-state index in [0.717, 1.165) is 31.4 Å². The number of benzene rings is 2. The second-order valence-corrected chi connectivity index (χ2v) is 7.57. The highest BCUT2D eigenvalue weighted by molar-refractivity contribution is 5.85. The maximum absolute atomic E-state index is 13.0. The molecule has 7 heteroatoms. The Hall–Kier alpha value is -2.93. The predicted octanol–water partition coefficient (Wildman–Crippen LogP) is 6.55. The number of hydrogen-bond donors (Lipinski definition) is 1. The van der Waals surface area contributed by atoms with Crippen molar-refractivity contribution in [3.05, 3.63) is 59.9 Å². The Labute approximate surface area is 197 Å². The predicted molar refractivity (Wildman–Crippen MR) is 131 cm³/mol. The molecule has 0 saturated heterocycles. The first-order valence-corrected chi connectivity index (χ1v) is 11.5. The van der Waals surface area contributed by atoms with E-state index in [9.17, 15) is 14.0 Å². The van der Waals surface area contributed by atoms with Crippen LogP contribution in [0.25, 0.3) is 0 Å². The molecule has 2 aromatic carbocycles. The molecular weight excluding hydrogens is 423 g/mol. The maximum Gasteiger partial charge on any atom is 0.411 e. The van der Waals surface area contributed by atoms with Gasteiger partial charge in [0.15, 0.2) is 0 Å². The number of ether oxygens (including phenoxy) is 2. The maximum atomic E-state index is 13.0. The summed E-state index contributed by atoms with van der Waals surface area (Å²) in [5.41, 5.74) is 2.07. The van der Waals surface area contributed by atoms with E-state index in [1.807, 2.05) is 0 Å². The van der Waals surface area contributed by atoms with Gasteiger partial charge in [0.1, 0.15) is 5.82 Å². The highest BCUT2D eigenvalue weighted by atomic mass is 19.1. The number of halogens is 1. The van der Waals surface area contributed by atoms with Gasteiger partial charge in [0.05, 0.1) is 13.2 Å². The molecule has 0 spiro atoms. The third-order valence-electron chi connectivity index (χ3n) is 4.77. The van der Waals surface area contributed by atoms with Crippen LogP contribution in [0.2, 0.25) is 0 Å².